The van der Waals surface area contributed by atoms with Crippen LogP contribution in [0.4, 0.5) is 0 Å². The van der Waals surface area contributed by atoms with Gasteiger partial charge < -0.3 is 5.32 Å². The average molecular weight is 342 g/mol. The Morgan fingerprint density at radius 2 is 1.67 bits per heavy atom. The molecule has 1 aliphatic rings. The average Bonchev–Trinajstić information content (AvgIpc) is 3.13. The summed E-state index contributed by atoms with van der Waals surface area (Å²) in [6, 6.07) is 9.91. The second kappa shape index (κ2) is 6.37. The predicted molar refractivity (Wildman–Crippen MR) is 88.0 cm³/mol. The zero-order chi connectivity index (χ0) is 17.3. The highest BCUT2D eigenvalue weighted by atomic mass is 32.1. The first kappa shape index (κ1) is 16.1. The largest absolute Gasteiger partial charge is 0.351 e. The van der Waals surface area contributed by atoms with Crippen LogP contribution in [0, 0.1) is 0 Å². The van der Waals surface area contributed by atoms with Gasteiger partial charge in [0.25, 0.3) is 11.8 Å². The van der Waals surface area contributed by atoms with Gasteiger partial charge in [0.05, 0.1) is 29.1 Å². The molecule has 3 rings (SSSR count). The molecular weight excluding hydrogens is 328 g/mol. The first-order chi connectivity index (χ1) is 11.5. The van der Waals surface area contributed by atoms with E-state index in [9.17, 15) is 19.2 Å². The maximum atomic E-state index is 12.4. The number of fused-ring (bicyclic) bond motifs is 1. The first-order valence-electron chi connectivity index (χ1n) is 7.29. The molecule has 0 saturated heterocycles. The zero-order valence-corrected chi connectivity index (χ0v) is 13.7. The summed E-state index contributed by atoms with van der Waals surface area (Å²) in [6.07, 6.45) is 0. The molecule has 1 aromatic heterocycles. The number of thiophene rings is 1. The van der Waals surface area contributed by atoms with Crippen molar-refractivity contribution < 1.29 is 19.2 Å². The molecule has 1 aliphatic heterocycles. The standard InChI is InChI=1S/C17H14N2O4S/c1-10(20)18-8-11-6-7-15(24-11)14(21)9-19-16(22)12-4-2-3-5-13(12)17(19)23/h2-7H,8-9H2,1H3,(H,18,20). The van der Waals surface area contributed by atoms with Gasteiger partial charge in [-0.05, 0) is 24.3 Å². The van der Waals surface area contributed by atoms with Gasteiger partial charge in [-0.1, -0.05) is 12.1 Å². The fourth-order valence-corrected chi connectivity index (χ4v) is 3.32. The fourth-order valence-electron chi connectivity index (χ4n) is 2.44. The van der Waals surface area contributed by atoms with E-state index in [2.05, 4.69) is 5.32 Å². The lowest BCUT2D eigenvalue weighted by atomic mass is 10.1. The molecule has 122 valence electrons. The summed E-state index contributed by atoms with van der Waals surface area (Å²) in [6.45, 7) is 1.48. The van der Waals surface area contributed by atoms with E-state index in [4.69, 9.17) is 0 Å². The Labute approximate surface area is 142 Å². The first-order valence-corrected chi connectivity index (χ1v) is 8.10. The molecule has 0 saturated carbocycles. The van der Waals surface area contributed by atoms with Crippen LogP contribution in [0.1, 0.15) is 42.2 Å². The predicted octanol–water partition coefficient (Wildman–Crippen LogP) is 1.86. The van der Waals surface area contributed by atoms with Crippen LogP contribution < -0.4 is 5.32 Å². The lowest BCUT2D eigenvalue weighted by Gasteiger charge is -2.11. The minimum Gasteiger partial charge on any atom is -0.351 e. The van der Waals surface area contributed by atoms with Crippen LogP contribution in [-0.2, 0) is 11.3 Å². The summed E-state index contributed by atoms with van der Waals surface area (Å²) in [4.78, 5) is 50.1. The van der Waals surface area contributed by atoms with Gasteiger partial charge in [-0.3, -0.25) is 24.1 Å². The van der Waals surface area contributed by atoms with Gasteiger partial charge in [0, 0.05) is 11.8 Å². The lowest BCUT2D eigenvalue weighted by molar-refractivity contribution is -0.119. The van der Waals surface area contributed by atoms with Crippen molar-refractivity contribution in [1.82, 2.24) is 10.2 Å². The number of ketones is 1. The summed E-state index contributed by atoms with van der Waals surface area (Å²) in [5.41, 5.74) is 0.653. The van der Waals surface area contributed by atoms with E-state index in [-0.39, 0.29) is 18.2 Å². The van der Waals surface area contributed by atoms with Gasteiger partial charge in [-0.15, -0.1) is 11.3 Å². The highest BCUT2D eigenvalue weighted by Crippen LogP contribution is 2.24. The molecule has 7 heteroatoms. The summed E-state index contributed by atoms with van der Waals surface area (Å²) >= 11 is 1.24. The van der Waals surface area contributed by atoms with E-state index >= 15 is 0 Å². The SMILES string of the molecule is CC(=O)NCc1ccc(C(=O)CN2C(=O)c3ccccc3C2=O)s1. The number of imide groups is 1. The van der Waals surface area contributed by atoms with Gasteiger partial charge in [-0.25, -0.2) is 0 Å². The Balaban J connectivity index is 1.71. The molecular formula is C17H14N2O4S. The molecule has 6 nitrogen and oxygen atoms in total. The molecule has 3 amide bonds. The van der Waals surface area contributed by atoms with E-state index in [1.807, 2.05) is 0 Å². The second-order valence-electron chi connectivity index (χ2n) is 5.34. The monoisotopic (exact) mass is 342 g/mol. The summed E-state index contributed by atoms with van der Waals surface area (Å²) < 4.78 is 0. The third-order valence-corrected chi connectivity index (χ3v) is 4.75. The normalized spacial score (nSPS) is 13.1. The van der Waals surface area contributed by atoms with E-state index < -0.39 is 11.8 Å². The van der Waals surface area contributed by atoms with Crippen molar-refractivity contribution in [1.29, 1.82) is 0 Å². The van der Waals surface area contributed by atoms with Crippen LogP contribution in [0.2, 0.25) is 0 Å². The number of nitrogens with zero attached hydrogens (tertiary/aromatic N) is 1. The van der Waals surface area contributed by atoms with Gasteiger partial charge in [-0.2, -0.15) is 0 Å². The second-order valence-corrected chi connectivity index (χ2v) is 6.51. The Morgan fingerprint density at radius 1 is 1.04 bits per heavy atom. The minimum atomic E-state index is -0.445. The van der Waals surface area contributed by atoms with Crippen LogP contribution in [0.5, 0.6) is 0 Å². The topological polar surface area (TPSA) is 83.6 Å². The molecule has 2 heterocycles. The molecule has 0 aliphatic carbocycles. The van der Waals surface area contributed by atoms with Crippen LogP contribution in [0.3, 0.4) is 0 Å². The van der Waals surface area contributed by atoms with Crippen molar-refractivity contribution in [3.05, 3.63) is 57.3 Å². The number of benzene rings is 1. The number of amides is 3. The molecule has 24 heavy (non-hydrogen) atoms. The van der Waals surface area contributed by atoms with E-state index in [1.54, 1.807) is 36.4 Å². The third-order valence-electron chi connectivity index (χ3n) is 3.63. The molecule has 1 N–H and O–H groups in total. The van der Waals surface area contributed by atoms with Gasteiger partial charge >= 0.3 is 0 Å². The Kier molecular flexibility index (Phi) is 4.26. The maximum absolute atomic E-state index is 12.4. The Bertz CT molecular complexity index is 821. The highest BCUT2D eigenvalue weighted by Gasteiger charge is 2.36. The number of rotatable bonds is 5. The molecule has 2 aromatic rings. The summed E-state index contributed by atoms with van der Waals surface area (Å²) in [5.74, 6) is -1.34. The molecule has 0 bridgehead atoms. The number of Topliss-reactive ketones (excluding diaryl/α,β-unsaturated/α-hetero) is 1. The fraction of sp³-hybridized carbons (Fsp3) is 0.176. The number of nitrogens with one attached hydrogen (secondary N) is 1. The molecule has 0 fully saturated rings. The Hall–Kier alpha value is -2.80. The van der Waals surface area contributed by atoms with Gasteiger partial charge in [0.1, 0.15) is 0 Å². The van der Waals surface area contributed by atoms with E-state index in [1.165, 1.54) is 18.3 Å². The number of carbonyl (C=O) groups is 4. The van der Waals surface area contributed by atoms with Crippen molar-refractivity contribution in [3.8, 4) is 0 Å². The smallest absolute Gasteiger partial charge is 0.261 e. The third kappa shape index (κ3) is 2.98. The van der Waals surface area contributed by atoms with Crippen molar-refractivity contribution in [2.24, 2.45) is 0 Å². The summed E-state index contributed by atoms with van der Waals surface area (Å²) in [5, 5.41) is 2.65. The van der Waals surface area contributed by atoms with Crippen molar-refractivity contribution >= 4 is 34.8 Å². The molecule has 0 spiro atoms. The van der Waals surface area contributed by atoms with Gasteiger partial charge in [0.2, 0.25) is 5.91 Å². The van der Waals surface area contributed by atoms with Crippen LogP contribution >= 0.6 is 11.3 Å². The van der Waals surface area contributed by atoms with Crippen molar-refractivity contribution in [3.63, 3.8) is 0 Å². The van der Waals surface area contributed by atoms with E-state index in [0.29, 0.717) is 22.5 Å². The molecule has 0 atom stereocenters. The Morgan fingerprint density at radius 3 is 2.25 bits per heavy atom. The maximum Gasteiger partial charge on any atom is 0.261 e. The lowest BCUT2D eigenvalue weighted by Crippen LogP contribution is -2.34. The summed E-state index contributed by atoms with van der Waals surface area (Å²) in [7, 11) is 0. The van der Waals surface area contributed by atoms with Crippen LogP contribution in [-0.4, -0.2) is 34.9 Å². The highest BCUT2D eigenvalue weighted by molar-refractivity contribution is 7.14. The van der Waals surface area contributed by atoms with Crippen molar-refractivity contribution in [2.75, 3.05) is 6.54 Å². The molecule has 1 aromatic carbocycles. The molecule has 0 unspecified atom stereocenters. The van der Waals surface area contributed by atoms with Gasteiger partial charge in [0.15, 0.2) is 5.78 Å². The zero-order valence-electron chi connectivity index (χ0n) is 12.9. The van der Waals surface area contributed by atoms with Crippen LogP contribution in [0.15, 0.2) is 36.4 Å². The van der Waals surface area contributed by atoms with Crippen LogP contribution in [0.25, 0.3) is 0 Å². The minimum absolute atomic E-state index is 0.151. The van der Waals surface area contributed by atoms with Crippen molar-refractivity contribution in [2.45, 2.75) is 13.5 Å². The van der Waals surface area contributed by atoms with E-state index in [0.717, 1.165) is 9.78 Å². The number of carbonyl (C=O) groups excluding carboxylic acids is 4. The quantitative estimate of drug-likeness (QED) is 0.664. The molecule has 0 radical (unpaired) electrons. The number of hydrogen-bond acceptors (Lipinski definition) is 5. The number of hydrogen-bond donors (Lipinski definition) is 1.